The Morgan fingerprint density at radius 3 is 3.23 bits per heavy atom. The van der Waals surface area contributed by atoms with Gasteiger partial charge in [-0.25, -0.2) is 9.98 Å². The lowest BCUT2D eigenvalue weighted by atomic mass is 9.87. The van der Waals surface area contributed by atoms with Gasteiger partial charge >= 0.3 is 0 Å². The van der Waals surface area contributed by atoms with Gasteiger partial charge in [-0.3, -0.25) is 10.2 Å². The molecule has 1 N–H and O–H groups in total. The maximum absolute atomic E-state index is 6.29. The number of rotatable bonds is 1. The molecule has 4 heterocycles. The first-order chi connectivity index (χ1) is 10.8. The topological polar surface area (TPSA) is 49.8 Å². The molecule has 0 saturated carbocycles. The summed E-state index contributed by atoms with van der Waals surface area (Å²) < 4.78 is 7.47. The third-order valence-electron chi connectivity index (χ3n) is 5.04. The second-order valence-corrected chi connectivity index (χ2v) is 7.50. The predicted molar refractivity (Wildman–Crippen MR) is 88.5 cm³/mol. The second-order valence-electron chi connectivity index (χ2n) is 6.47. The van der Waals surface area contributed by atoms with Gasteiger partial charge in [-0.1, -0.05) is 23.5 Å². The van der Waals surface area contributed by atoms with E-state index >= 15 is 0 Å². The molecule has 2 saturated heterocycles. The largest absolute Gasteiger partial charge is 0.455 e. The van der Waals surface area contributed by atoms with Gasteiger partial charge in [0.05, 0.1) is 16.8 Å². The van der Waals surface area contributed by atoms with E-state index in [0.717, 1.165) is 23.7 Å². The highest BCUT2D eigenvalue weighted by Gasteiger charge is 2.53. The first-order valence-electron chi connectivity index (χ1n) is 7.89. The molecule has 6 heteroatoms. The van der Waals surface area contributed by atoms with Crippen molar-refractivity contribution >= 4 is 32.7 Å². The summed E-state index contributed by atoms with van der Waals surface area (Å²) in [6.07, 6.45) is 2.55. The van der Waals surface area contributed by atoms with Crippen LogP contribution < -0.4 is 5.32 Å². The SMILES string of the molecule is c1ccc2sc(NC3=NCC4(CN5CCCC4C5)O3)nc2c1. The standard InChI is InChI=1S/C16H18N4OS/c1-2-6-13-12(5-1)18-15(22-13)19-14-17-9-16(21-14)10-20-7-3-4-11(16)8-20/h1-2,5-6,11H,3-4,7-10H2,(H,17,18,19). The smallest absolute Gasteiger partial charge is 0.291 e. The molecule has 3 aliphatic rings. The van der Waals surface area contributed by atoms with Crippen molar-refractivity contribution in [2.24, 2.45) is 10.9 Å². The van der Waals surface area contributed by atoms with E-state index in [1.807, 2.05) is 18.2 Å². The van der Waals surface area contributed by atoms with Gasteiger partial charge in [0.25, 0.3) is 6.02 Å². The molecular formula is C16H18N4OS. The summed E-state index contributed by atoms with van der Waals surface area (Å²) in [4.78, 5) is 11.7. The van der Waals surface area contributed by atoms with Crippen LogP contribution in [-0.2, 0) is 4.74 Å². The Morgan fingerprint density at radius 2 is 2.32 bits per heavy atom. The van der Waals surface area contributed by atoms with Gasteiger partial charge in [0.1, 0.15) is 5.60 Å². The minimum Gasteiger partial charge on any atom is -0.455 e. The van der Waals surface area contributed by atoms with Crippen molar-refractivity contribution in [2.75, 3.05) is 31.5 Å². The molecule has 0 amide bonds. The maximum Gasteiger partial charge on any atom is 0.291 e. The van der Waals surface area contributed by atoms with Crippen LogP contribution >= 0.6 is 11.3 Å². The molecule has 3 aliphatic heterocycles. The van der Waals surface area contributed by atoms with Gasteiger partial charge in [-0.2, -0.15) is 0 Å². The Hall–Kier alpha value is -1.66. The fourth-order valence-corrected chi connectivity index (χ4v) is 4.83. The molecule has 0 radical (unpaired) electrons. The van der Waals surface area contributed by atoms with Crippen LogP contribution in [0.25, 0.3) is 10.2 Å². The van der Waals surface area contributed by atoms with E-state index in [9.17, 15) is 0 Å². The van der Waals surface area contributed by atoms with Gasteiger partial charge in [0.15, 0.2) is 5.13 Å². The van der Waals surface area contributed by atoms with Crippen LogP contribution in [0.2, 0.25) is 0 Å². The van der Waals surface area contributed by atoms with Crippen LogP contribution in [0.15, 0.2) is 29.3 Å². The highest BCUT2D eigenvalue weighted by Crippen LogP contribution is 2.40. The molecule has 5 nitrogen and oxygen atoms in total. The van der Waals surface area contributed by atoms with Crippen molar-refractivity contribution in [3.8, 4) is 0 Å². The number of aromatic nitrogens is 1. The summed E-state index contributed by atoms with van der Waals surface area (Å²) in [5.41, 5.74) is 0.932. The van der Waals surface area contributed by atoms with Gasteiger partial charge in [-0.15, -0.1) is 0 Å². The summed E-state index contributed by atoms with van der Waals surface area (Å²) >= 11 is 1.64. The monoisotopic (exact) mass is 314 g/mol. The number of amidine groups is 1. The van der Waals surface area contributed by atoms with Crippen molar-refractivity contribution in [1.82, 2.24) is 9.88 Å². The lowest BCUT2D eigenvalue weighted by Gasteiger charge is -2.28. The number of nitrogens with zero attached hydrogens (tertiary/aromatic N) is 3. The zero-order chi connectivity index (χ0) is 14.6. The van der Waals surface area contributed by atoms with Crippen LogP contribution in [-0.4, -0.2) is 47.7 Å². The number of hydrogen-bond acceptors (Lipinski definition) is 6. The molecule has 2 bridgehead atoms. The molecule has 3 unspecified atom stereocenters. The normalized spacial score (nSPS) is 33.2. The molecule has 1 spiro atoms. The fraction of sp³-hybridized carbons (Fsp3) is 0.500. The highest BCUT2D eigenvalue weighted by molar-refractivity contribution is 7.22. The van der Waals surface area contributed by atoms with Gasteiger partial charge in [-0.05, 0) is 31.5 Å². The number of piperidine rings is 1. The minimum atomic E-state index is -0.0878. The number of aliphatic imine (C=N–C) groups is 1. The van der Waals surface area contributed by atoms with Crippen molar-refractivity contribution in [2.45, 2.75) is 18.4 Å². The number of para-hydroxylation sites is 1. The molecule has 114 valence electrons. The van der Waals surface area contributed by atoms with E-state index in [0.29, 0.717) is 11.9 Å². The Morgan fingerprint density at radius 1 is 1.36 bits per heavy atom. The number of nitrogens with one attached hydrogen (secondary N) is 1. The number of thiazole rings is 1. The van der Waals surface area contributed by atoms with E-state index in [1.54, 1.807) is 11.3 Å². The number of fused-ring (bicyclic) bond motifs is 4. The van der Waals surface area contributed by atoms with Crippen LogP contribution in [0.3, 0.4) is 0 Å². The van der Waals surface area contributed by atoms with Crippen LogP contribution in [0, 0.1) is 5.92 Å². The summed E-state index contributed by atoms with van der Waals surface area (Å²) in [6.45, 7) is 4.18. The van der Waals surface area contributed by atoms with Crippen molar-refractivity contribution in [3.63, 3.8) is 0 Å². The van der Waals surface area contributed by atoms with Crippen molar-refractivity contribution < 1.29 is 4.74 Å². The van der Waals surface area contributed by atoms with E-state index in [4.69, 9.17) is 4.74 Å². The number of ether oxygens (including phenoxy) is 1. The second kappa shape index (κ2) is 4.67. The minimum absolute atomic E-state index is 0.0878. The molecule has 3 atom stereocenters. The zero-order valence-electron chi connectivity index (χ0n) is 12.3. The third-order valence-corrected chi connectivity index (χ3v) is 5.99. The highest BCUT2D eigenvalue weighted by atomic mass is 32.1. The number of hydrogen-bond donors (Lipinski definition) is 1. The molecule has 22 heavy (non-hydrogen) atoms. The van der Waals surface area contributed by atoms with E-state index < -0.39 is 0 Å². The van der Waals surface area contributed by atoms with Crippen LogP contribution in [0.4, 0.5) is 5.13 Å². The molecule has 1 aromatic heterocycles. The van der Waals surface area contributed by atoms with E-state index in [2.05, 4.69) is 26.3 Å². The van der Waals surface area contributed by atoms with E-state index in [-0.39, 0.29) is 5.60 Å². The van der Waals surface area contributed by atoms with Gasteiger partial charge in [0, 0.05) is 19.0 Å². The molecular weight excluding hydrogens is 296 g/mol. The Kier molecular flexibility index (Phi) is 2.72. The lowest BCUT2D eigenvalue weighted by Crippen LogP contribution is -2.41. The lowest BCUT2D eigenvalue weighted by molar-refractivity contribution is 0.0588. The summed E-state index contributed by atoms with van der Waals surface area (Å²) in [5, 5.41) is 4.14. The third kappa shape index (κ3) is 1.94. The average molecular weight is 314 g/mol. The van der Waals surface area contributed by atoms with Gasteiger partial charge in [0.2, 0.25) is 0 Å². The predicted octanol–water partition coefficient (Wildman–Crippen LogP) is 2.56. The van der Waals surface area contributed by atoms with E-state index in [1.165, 1.54) is 30.6 Å². The Bertz CT molecular complexity index is 724. The Labute approximate surface area is 133 Å². The number of benzene rings is 1. The first kappa shape index (κ1) is 12.8. The number of anilines is 1. The molecule has 0 aliphatic carbocycles. The van der Waals surface area contributed by atoms with Crippen molar-refractivity contribution in [3.05, 3.63) is 24.3 Å². The van der Waals surface area contributed by atoms with Crippen molar-refractivity contribution in [1.29, 1.82) is 0 Å². The van der Waals surface area contributed by atoms with Crippen LogP contribution in [0.1, 0.15) is 12.8 Å². The molecule has 5 rings (SSSR count). The first-order valence-corrected chi connectivity index (χ1v) is 8.71. The fourth-order valence-electron chi connectivity index (χ4n) is 3.98. The quantitative estimate of drug-likeness (QED) is 0.879. The molecule has 2 aromatic rings. The Balaban J connectivity index is 1.35. The summed E-state index contributed by atoms with van der Waals surface area (Å²) in [5.74, 6) is 0.625. The van der Waals surface area contributed by atoms with Crippen LogP contribution in [0.5, 0.6) is 0 Å². The molecule has 1 aromatic carbocycles. The maximum atomic E-state index is 6.29. The average Bonchev–Trinajstić information content (AvgIpc) is 3.17. The summed E-state index contributed by atoms with van der Waals surface area (Å²) in [6, 6.07) is 8.81. The molecule has 2 fully saturated rings. The van der Waals surface area contributed by atoms with Gasteiger partial charge < -0.3 is 4.74 Å². The zero-order valence-corrected chi connectivity index (χ0v) is 13.1. The summed E-state index contributed by atoms with van der Waals surface area (Å²) in [7, 11) is 0.